The van der Waals surface area contributed by atoms with Crippen molar-refractivity contribution in [3.63, 3.8) is 0 Å². The number of nitrogens with zero attached hydrogens (tertiary/aromatic N) is 5. The van der Waals surface area contributed by atoms with E-state index in [0.717, 1.165) is 19.3 Å². The second kappa shape index (κ2) is 11.3. The maximum atomic E-state index is 13.9. The average molecular weight is 584 g/mol. The highest BCUT2D eigenvalue weighted by Gasteiger charge is 2.40. The van der Waals surface area contributed by atoms with Crippen molar-refractivity contribution in [1.29, 1.82) is 0 Å². The van der Waals surface area contributed by atoms with Gasteiger partial charge in [-0.3, -0.25) is 9.59 Å². The van der Waals surface area contributed by atoms with Crippen molar-refractivity contribution in [1.82, 2.24) is 35.5 Å². The molecule has 222 valence electrons. The molecule has 0 unspecified atom stereocenters. The molecule has 0 radical (unpaired) electrons. The fraction of sp³-hybridized carbons (Fsp3) is 0.615. The van der Waals surface area contributed by atoms with E-state index in [1.54, 1.807) is 19.2 Å². The van der Waals surface area contributed by atoms with Gasteiger partial charge in [-0.2, -0.15) is 18.3 Å². The topological polar surface area (TPSA) is 127 Å². The van der Waals surface area contributed by atoms with Gasteiger partial charge in [-0.1, -0.05) is 11.6 Å². The van der Waals surface area contributed by atoms with Gasteiger partial charge in [-0.15, -0.1) is 0 Å². The Hall–Kier alpha value is -3.65. The summed E-state index contributed by atoms with van der Waals surface area (Å²) in [5.41, 5.74) is 1.64. The third-order valence-electron chi connectivity index (χ3n) is 8.00. The van der Waals surface area contributed by atoms with E-state index < -0.39 is 48.8 Å². The van der Waals surface area contributed by atoms with Crippen LogP contribution in [0.2, 0.25) is 0 Å². The second-order valence-corrected chi connectivity index (χ2v) is 11.0. The zero-order valence-electron chi connectivity index (χ0n) is 22.3. The summed E-state index contributed by atoms with van der Waals surface area (Å²) in [6.07, 6.45) is -0.914. The van der Waals surface area contributed by atoms with E-state index in [9.17, 15) is 31.5 Å². The van der Waals surface area contributed by atoms with Crippen LogP contribution in [0.3, 0.4) is 0 Å². The third-order valence-corrected chi connectivity index (χ3v) is 8.00. The Kier molecular flexibility index (Phi) is 7.97. The molecule has 2 amide bonds. The molecule has 0 saturated heterocycles. The summed E-state index contributed by atoms with van der Waals surface area (Å²) in [7, 11) is 0. The first-order valence-electron chi connectivity index (χ1n) is 13.6. The Bertz CT molecular complexity index is 1390. The molecular formula is C26H30F5N7O3. The summed E-state index contributed by atoms with van der Waals surface area (Å²) >= 11 is 0. The van der Waals surface area contributed by atoms with Crippen LogP contribution in [0.25, 0.3) is 5.65 Å². The van der Waals surface area contributed by atoms with Crippen LogP contribution < -0.4 is 10.6 Å². The van der Waals surface area contributed by atoms with Crippen LogP contribution in [-0.4, -0.2) is 48.8 Å². The molecule has 0 aliphatic heterocycles. The highest BCUT2D eigenvalue weighted by atomic mass is 19.4. The van der Waals surface area contributed by atoms with E-state index in [1.165, 1.54) is 10.7 Å². The lowest BCUT2D eigenvalue weighted by molar-refractivity contribution is -0.144. The van der Waals surface area contributed by atoms with Gasteiger partial charge in [0.2, 0.25) is 11.8 Å². The van der Waals surface area contributed by atoms with E-state index >= 15 is 0 Å². The number of carbonyl (C=O) groups excluding carboxylic acids is 2. The fourth-order valence-electron chi connectivity index (χ4n) is 5.45. The van der Waals surface area contributed by atoms with Gasteiger partial charge in [0.15, 0.2) is 11.3 Å². The van der Waals surface area contributed by atoms with E-state index in [4.69, 9.17) is 0 Å². The highest BCUT2D eigenvalue weighted by molar-refractivity contribution is 5.93. The number of rotatable bonds is 9. The molecule has 2 aliphatic carbocycles. The van der Waals surface area contributed by atoms with Gasteiger partial charge in [-0.05, 0) is 61.2 Å². The molecule has 3 aromatic rings. The molecule has 0 spiro atoms. The number of hydrogen-bond donors (Lipinski definition) is 2. The van der Waals surface area contributed by atoms with Crippen LogP contribution in [0.15, 0.2) is 23.1 Å². The minimum atomic E-state index is -4.43. The van der Waals surface area contributed by atoms with Crippen LogP contribution in [0, 0.1) is 18.8 Å². The van der Waals surface area contributed by atoms with Crippen LogP contribution in [-0.2, 0) is 4.79 Å². The lowest BCUT2D eigenvalue weighted by atomic mass is 9.77. The normalized spacial score (nSPS) is 19.5. The zero-order valence-corrected chi connectivity index (χ0v) is 22.3. The molecule has 41 heavy (non-hydrogen) atoms. The predicted octanol–water partition coefficient (Wildman–Crippen LogP) is 5.02. The van der Waals surface area contributed by atoms with E-state index in [2.05, 4.69) is 35.7 Å². The number of fused-ring (bicyclic) bond motifs is 1. The molecule has 3 heterocycles. The number of carbonyl (C=O) groups is 2. The molecule has 0 aromatic carbocycles. The number of aromatic nitrogens is 5. The summed E-state index contributed by atoms with van der Waals surface area (Å²) in [4.78, 5) is 30.0. The fourth-order valence-corrected chi connectivity index (χ4v) is 5.45. The molecule has 2 saturated carbocycles. The van der Waals surface area contributed by atoms with Crippen LogP contribution >= 0.6 is 0 Å². The summed E-state index contributed by atoms with van der Waals surface area (Å²) < 4.78 is 71.9. The molecule has 2 atom stereocenters. The Morgan fingerprint density at radius 2 is 1.80 bits per heavy atom. The van der Waals surface area contributed by atoms with Gasteiger partial charge < -0.3 is 10.6 Å². The van der Waals surface area contributed by atoms with Crippen molar-refractivity contribution < 1.29 is 36.2 Å². The van der Waals surface area contributed by atoms with Gasteiger partial charge in [0.05, 0.1) is 36.6 Å². The molecule has 5 rings (SSSR count). The number of halogens is 5. The zero-order chi connectivity index (χ0) is 29.4. The molecule has 2 N–H and O–H groups in total. The number of alkyl halides is 5. The average Bonchev–Trinajstić information content (AvgIpc) is 3.50. The minimum absolute atomic E-state index is 0.0232. The van der Waals surface area contributed by atoms with Crippen LogP contribution in [0.5, 0.6) is 0 Å². The molecule has 0 bridgehead atoms. The van der Waals surface area contributed by atoms with E-state index in [1.807, 2.05) is 0 Å². The van der Waals surface area contributed by atoms with E-state index in [-0.39, 0.29) is 48.9 Å². The summed E-state index contributed by atoms with van der Waals surface area (Å²) in [5, 5.41) is 17.3. The molecule has 2 aliphatic rings. The number of amides is 2. The number of hydrogen-bond acceptors (Lipinski definition) is 7. The smallest absolute Gasteiger partial charge is 0.349 e. The maximum Gasteiger partial charge on any atom is 0.389 e. The summed E-state index contributed by atoms with van der Waals surface area (Å²) in [5.74, 6) is -4.33. The Morgan fingerprint density at radius 3 is 2.41 bits per heavy atom. The first-order chi connectivity index (χ1) is 19.4. The second-order valence-electron chi connectivity index (χ2n) is 11.0. The SMILES string of the molecule is Cc1nonc1C(=O)N[C@H](c1cn2ncc([C@H](NC(=O)CCC(F)(F)F)C3CCC3)cc2n1)C1CCC(F)(F)CC1. The standard InChI is InChI=1S/C26H30F5N7O3/c1-14-21(37-41-36-14)24(40)35-23(16-5-8-25(27,28)9-6-16)18-13-38-19(33-18)11-17(12-32-38)22(15-3-2-4-15)34-20(39)7-10-26(29,30)31/h11-13,15-16,22-23H,2-10H2,1H3,(H,34,39)(H,35,40)/t22-,23+/m1/s1. The Morgan fingerprint density at radius 1 is 1.10 bits per heavy atom. The number of aryl methyl sites for hydroxylation is 1. The maximum absolute atomic E-state index is 13.9. The van der Waals surface area contributed by atoms with Crippen molar-refractivity contribution in [3.05, 3.63) is 41.1 Å². The Labute approximate surface area is 231 Å². The largest absolute Gasteiger partial charge is 0.389 e. The molecule has 15 heteroatoms. The van der Waals surface area contributed by atoms with Crippen molar-refractivity contribution >= 4 is 17.5 Å². The van der Waals surface area contributed by atoms with Gasteiger partial charge >= 0.3 is 6.18 Å². The van der Waals surface area contributed by atoms with Gasteiger partial charge in [0, 0.05) is 19.3 Å². The van der Waals surface area contributed by atoms with Gasteiger partial charge in [0.1, 0.15) is 5.69 Å². The third kappa shape index (κ3) is 6.81. The highest BCUT2D eigenvalue weighted by Crippen LogP contribution is 2.42. The number of imidazole rings is 1. The predicted molar refractivity (Wildman–Crippen MR) is 133 cm³/mol. The summed E-state index contributed by atoms with van der Waals surface area (Å²) in [6, 6.07) is 0.438. The van der Waals surface area contributed by atoms with Crippen molar-refractivity contribution in [2.45, 2.75) is 88.9 Å². The first-order valence-corrected chi connectivity index (χ1v) is 13.6. The lowest BCUT2D eigenvalue weighted by Crippen LogP contribution is -2.37. The minimum Gasteiger partial charge on any atom is -0.349 e. The monoisotopic (exact) mass is 583 g/mol. The van der Waals surface area contributed by atoms with Crippen LogP contribution in [0.1, 0.15) is 97.3 Å². The van der Waals surface area contributed by atoms with Gasteiger partial charge in [0.25, 0.3) is 5.91 Å². The van der Waals surface area contributed by atoms with Gasteiger partial charge in [-0.25, -0.2) is 22.9 Å². The summed E-state index contributed by atoms with van der Waals surface area (Å²) in [6.45, 7) is 1.55. The molecule has 2 fully saturated rings. The van der Waals surface area contributed by atoms with Crippen molar-refractivity contribution in [2.75, 3.05) is 0 Å². The molecular weight excluding hydrogens is 553 g/mol. The molecule has 3 aromatic heterocycles. The lowest BCUT2D eigenvalue weighted by Gasteiger charge is -2.34. The molecule has 10 nitrogen and oxygen atoms in total. The Balaban J connectivity index is 1.40. The van der Waals surface area contributed by atoms with Crippen molar-refractivity contribution in [2.24, 2.45) is 11.8 Å². The quantitative estimate of drug-likeness (QED) is 0.339. The number of nitrogens with one attached hydrogen (secondary N) is 2. The van der Waals surface area contributed by atoms with E-state index in [0.29, 0.717) is 16.9 Å². The van der Waals surface area contributed by atoms with Crippen LogP contribution in [0.4, 0.5) is 22.0 Å². The van der Waals surface area contributed by atoms with Crippen molar-refractivity contribution in [3.8, 4) is 0 Å². The first kappa shape index (κ1) is 28.9.